The van der Waals surface area contributed by atoms with E-state index in [9.17, 15) is 18.0 Å². The number of Topliss-reactive ketones (excluding diaryl/α,β-unsaturated/α-hetero) is 1. The van der Waals surface area contributed by atoms with E-state index in [1.807, 2.05) is 6.92 Å². The number of aromatic nitrogens is 1. The van der Waals surface area contributed by atoms with E-state index in [4.69, 9.17) is 5.73 Å². The summed E-state index contributed by atoms with van der Waals surface area (Å²) in [6.45, 7) is 1.93. The molecule has 2 heterocycles. The number of carbonyl (C=O) groups excluding carboxylic acids is 2. The Bertz CT molecular complexity index is 724. The zero-order valence-corrected chi connectivity index (χ0v) is 15.7. The summed E-state index contributed by atoms with van der Waals surface area (Å²) in [5.41, 5.74) is 5.84. The molecule has 0 saturated carbocycles. The monoisotopic (exact) mass is 382 g/mol. The molecule has 2 rings (SSSR count). The molecule has 8 nitrogen and oxygen atoms in total. The van der Waals surface area contributed by atoms with Crippen molar-refractivity contribution >= 4 is 21.7 Å². The number of nitrogens with zero attached hydrogens (tertiary/aromatic N) is 2. The Balaban J connectivity index is 2.03. The first-order chi connectivity index (χ1) is 12.4. The summed E-state index contributed by atoms with van der Waals surface area (Å²) in [5, 5.41) is 2.59. The van der Waals surface area contributed by atoms with Crippen LogP contribution in [0, 0.1) is 0 Å². The topological polar surface area (TPSA) is 122 Å². The molecule has 1 aliphatic rings. The molecule has 1 aliphatic heterocycles. The van der Waals surface area contributed by atoms with Crippen molar-refractivity contribution in [3.63, 3.8) is 0 Å². The smallest absolute Gasteiger partial charge is 0.260 e. The molecule has 1 aromatic heterocycles. The average Bonchev–Trinajstić information content (AvgIpc) is 2.82. The van der Waals surface area contributed by atoms with Gasteiger partial charge in [0.05, 0.1) is 18.6 Å². The number of nitrogens with one attached hydrogen (secondary N) is 1. The van der Waals surface area contributed by atoms with E-state index in [0.29, 0.717) is 19.3 Å². The van der Waals surface area contributed by atoms with Crippen molar-refractivity contribution in [2.24, 2.45) is 5.73 Å². The van der Waals surface area contributed by atoms with Gasteiger partial charge in [-0.1, -0.05) is 25.8 Å². The number of nitrogens with two attached hydrogens (primary N) is 1. The first-order valence-corrected chi connectivity index (χ1v) is 10.3. The molecule has 0 aliphatic carbocycles. The van der Waals surface area contributed by atoms with Crippen LogP contribution in [0.25, 0.3) is 0 Å². The molecule has 9 heteroatoms. The van der Waals surface area contributed by atoms with E-state index >= 15 is 0 Å². The van der Waals surface area contributed by atoms with E-state index in [1.54, 1.807) is 12.1 Å². The molecule has 2 unspecified atom stereocenters. The zero-order chi connectivity index (χ0) is 19.2. The fraction of sp³-hybridized carbons (Fsp3) is 0.588. The van der Waals surface area contributed by atoms with Crippen LogP contribution in [0.2, 0.25) is 0 Å². The standard InChI is InChI=1S/C17H26N4O4S/c1-2-3-7-13(18)17(23)20-14-8-6-11-21(12-15(14)22)26(24,25)16-9-4-5-10-19-16/h4-5,9-10,13-14H,2-3,6-8,11-12,18H2,1H3,(H,20,23). The maximum absolute atomic E-state index is 12.6. The molecule has 1 amide bonds. The van der Waals surface area contributed by atoms with Crippen LogP contribution in [0.1, 0.15) is 39.0 Å². The van der Waals surface area contributed by atoms with Gasteiger partial charge in [0.15, 0.2) is 10.8 Å². The second-order valence-corrected chi connectivity index (χ2v) is 8.31. The second kappa shape index (κ2) is 9.20. The summed E-state index contributed by atoms with van der Waals surface area (Å²) < 4.78 is 26.4. The summed E-state index contributed by atoms with van der Waals surface area (Å²) in [7, 11) is -3.83. The Morgan fingerprint density at radius 2 is 2.23 bits per heavy atom. The Kier molecular flexibility index (Phi) is 7.24. The summed E-state index contributed by atoms with van der Waals surface area (Å²) in [6, 6.07) is 3.25. The molecule has 1 saturated heterocycles. The van der Waals surface area contributed by atoms with E-state index in [1.165, 1.54) is 12.3 Å². The Labute approximate surface area is 154 Å². The van der Waals surface area contributed by atoms with Gasteiger partial charge in [0.1, 0.15) is 0 Å². The van der Waals surface area contributed by atoms with Crippen LogP contribution in [-0.2, 0) is 19.6 Å². The van der Waals surface area contributed by atoms with Crippen molar-refractivity contribution < 1.29 is 18.0 Å². The van der Waals surface area contributed by atoms with Crippen LogP contribution in [0.3, 0.4) is 0 Å². The highest BCUT2D eigenvalue weighted by Gasteiger charge is 2.33. The van der Waals surface area contributed by atoms with Crippen LogP contribution >= 0.6 is 0 Å². The molecule has 0 spiro atoms. The average molecular weight is 382 g/mol. The number of carbonyl (C=O) groups is 2. The van der Waals surface area contributed by atoms with Crippen molar-refractivity contribution in [1.82, 2.24) is 14.6 Å². The summed E-state index contributed by atoms with van der Waals surface area (Å²) in [5.74, 6) is -0.698. The number of ketones is 1. The van der Waals surface area contributed by atoms with Crippen LogP contribution in [0.15, 0.2) is 29.4 Å². The maximum atomic E-state index is 12.6. The lowest BCUT2D eigenvalue weighted by atomic mass is 10.1. The van der Waals surface area contributed by atoms with Gasteiger partial charge in [0.2, 0.25) is 5.91 Å². The van der Waals surface area contributed by atoms with Crippen molar-refractivity contribution in [2.75, 3.05) is 13.1 Å². The number of hydrogen-bond acceptors (Lipinski definition) is 6. The van der Waals surface area contributed by atoms with Crippen LogP contribution in [0.4, 0.5) is 0 Å². The van der Waals surface area contributed by atoms with E-state index in [-0.39, 0.29) is 29.8 Å². The Morgan fingerprint density at radius 3 is 2.88 bits per heavy atom. The first-order valence-electron chi connectivity index (χ1n) is 8.86. The fourth-order valence-corrected chi connectivity index (χ4v) is 4.20. The van der Waals surface area contributed by atoms with Gasteiger partial charge in [-0.25, -0.2) is 13.4 Å². The number of pyridine rings is 1. The number of unbranched alkanes of at least 4 members (excludes halogenated alkanes) is 1. The molecule has 0 aromatic carbocycles. The molecular formula is C17H26N4O4S. The van der Waals surface area contributed by atoms with Crippen LogP contribution < -0.4 is 11.1 Å². The Morgan fingerprint density at radius 1 is 1.46 bits per heavy atom. The summed E-state index contributed by atoms with van der Waals surface area (Å²) >= 11 is 0. The molecule has 26 heavy (non-hydrogen) atoms. The van der Waals surface area contributed by atoms with Gasteiger partial charge in [-0.05, 0) is 31.4 Å². The van der Waals surface area contributed by atoms with Crippen LogP contribution in [0.5, 0.6) is 0 Å². The number of hydrogen-bond donors (Lipinski definition) is 2. The molecule has 144 valence electrons. The van der Waals surface area contributed by atoms with E-state index in [2.05, 4.69) is 10.3 Å². The third-order valence-electron chi connectivity index (χ3n) is 4.39. The highest BCUT2D eigenvalue weighted by atomic mass is 32.2. The zero-order valence-electron chi connectivity index (χ0n) is 14.9. The Hall–Kier alpha value is -1.84. The first kappa shape index (κ1) is 20.5. The normalized spacial score (nSPS) is 20.4. The SMILES string of the molecule is CCCCC(N)C(=O)NC1CCCN(S(=O)(=O)c2ccccn2)CC1=O. The molecule has 1 fully saturated rings. The number of amides is 1. The van der Waals surface area contributed by atoms with Crippen molar-refractivity contribution in [3.05, 3.63) is 24.4 Å². The largest absolute Gasteiger partial charge is 0.345 e. The molecule has 0 radical (unpaired) electrons. The predicted molar refractivity (Wildman–Crippen MR) is 96.7 cm³/mol. The minimum atomic E-state index is -3.83. The van der Waals surface area contributed by atoms with Gasteiger partial charge in [-0.2, -0.15) is 4.31 Å². The molecule has 1 aromatic rings. The lowest BCUT2D eigenvalue weighted by molar-refractivity contribution is -0.128. The quantitative estimate of drug-likeness (QED) is 0.705. The van der Waals surface area contributed by atoms with E-state index in [0.717, 1.165) is 17.1 Å². The van der Waals surface area contributed by atoms with Crippen molar-refractivity contribution in [2.45, 2.75) is 56.1 Å². The fourth-order valence-electron chi connectivity index (χ4n) is 2.82. The lowest BCUT2D eigenvalue weighted by Crippen LogP contribution is -2.49. The van der Waals surface area contributed by atoms with Gasteiger partial charge in [0.25, 0.3) is 10.0 Å². The summed E-state index contributed by atoms with van der Waals surface area (Å²) in [4.78, 5) is 28.5. The number of sulfonamides is 1. The highest BCUT2D eigenvalue weighted by Crippen LogP contribution is 2.17. The summed E-state index contributed by atoms with van der Waals surface area (Å²) in [6.07, 6.45) is 4.58. The number of rotatable bonds is 7. The second-order valence-electron chi connectivity index (χ2n) is 6.43. The minimum absolute atomic E-state index is 0.0862. The van der Waals surface area contributed by atoms with E-state index < -0.39 is 22.1 Å². The van der Waals surface area contributed by atoms with Gasteiger partial charge in [-0.3, -0.25) is 9.59 Å². The highest BCUT2D eigenvalue weighted by molar-refractivity contribution is 7.89. The van der Waals surface area contributed by atoms with Gasteiger partial charge in [0, 0.05) is 12.7 Å². The van der Waals surface area contributed by atoms with Crippen LogP contribution in [-0.4, -0.2) is 54.6 Å². The van der Waals surface area contributed by atoms with Crippen molar-refractivity contribution in [1.29, 1.82) is 0 Å². The molecule has 2 atom stereocenters. The van der Waals surface area contributed by atoms with Crippen molar-refractivity contribution in [3.8, 4) is 0 Å². The van der Waals surface area contributed by atoms with Gasteiger partial charge >= 0.3 is 0 Å². The van der Waals surface area contributed by atoms with Gasteiger partial charge in [-0.15, -0.1) is 0 Å². The van der Waals surface area contributed by atoms with Gasteiger partial charge < -0.3 is 11.1 Å². The molecule has 3 N–H and O–H groups in total. The third-order valence-corrected chi connectivity index (χ3v) is 6.15. The maximum Gasteiger partial charge on any atom is 0.260 e. The lowest BCUT2D eigenvalue weighted by Gasteiger charge is -2.20. The predicted octanol–water partition coefficient (Wildman–Crippen LogP) is 0.438. The molecular weight excluding hydrogens is 356 g/mol. The molecule has 0 bridgehead atoms. The third kappa shape index (κ3) is 5.09. The minimum Gasteiger partial charge on any atom is -0.345 e.